The molecule has 2 atom stereocenters. The van der Waals surface area contributed by atoms with Crippen LogP contribution in [0.4, 0.5) is 0 Å². The minimum Gasteiger partial charge on any atom is -0.324 e. The maximum absolute atomic E-state index is 6.03. The lowest BCUT2D eigenvalue weighted by Gasteiger charge is -2.25. The van der Waals surface area contributed by atoms with Gasteiger partial charge in [-0.25, -0.2) is 0 Å². The van der Waals surface area contributed by atoms with Crippen LogP contribution in [0.1, 0.15) is 53.4 Å². The lowest BCUT2D eigenvalue weighted by Crippen LogP contribution is -2.47. The monoisotopic (exact) mass is 186 g/mol. The number of unbranched alkanes of at least 4 members (excludes halogenated alkanes) is 1. The Balaban J connectivity index is 3.51. The van der Waals surface area contributed by atoms with Crippen molar-refractivity contribution in [2.75, 3.05) is 6.54 Å². The Morgan fingerprint density at radius 2 is 2.00 bits per heavy atom. The van der Waals surface area contributed by atoms with Gasteiger partial charge < -0.3 is 11.1 Å². The molecule has 0 aromatic rings. The Hall–Kier alpha value is -0.0800. The molecule has 0 saturated carbocycles. The normalized spacial score (nSPS) is 18.2. The van der Waals surface area contributed by atoms with E-state index in [1.54, 1.807) is 0 Å². The van der Waals surface area contributed by atoms with Crippen LogP contribution in [-0.2, 0) is 0 Å². The molecule has 0 aliphatic carbocycles. The second-order valence-electron chi connectivity index (χ2n) is 4.43. The summed E-state index contributed by atoms with van der Waals surface area (Å²) in [5, 5.41) is 3.48. The molecule has 0 aromatic carbocycles. The maximum Gasteiger partial charge on any atom is 0.0249 e. The first-order valence-electron chi connectivity index (χ1n) is 5.54. The van der Waals surface area contributed by atoms with E-state index >= 15 is 0 Å². The summed E-state index contributed by atoms with van der Waals surface area (Å²) >= 11 is 0. The van der Waals surface area contributed by atoms with Crippen LogP contribution < -0.4 is 11.1 Å². The van der Waals surface area contributed by atoms with Crippen molar-refractivity contribution in [3.63, 3.8) is 0 Å². The zero-order valence-electron chi connectivity index (χ0n) is 9.69. The Kier molecular flexibility index (Phi) is 6.35. The van der Waals surface area contributed by atoms with Crippen molar-refractivity contribution >= 4 is 0 Å². The fraction of sp³-hybridized carbons (Fsp3) is 1.00. The van der Waals surface area contributed by atoms with Gasteiger partial charge in [-0.15, -0.1) is 0 Å². The number of rotatable bonds is 7. The zero-order valence-corrected chi connectivity index (χ0v) is 9.69. The fourth-order valence-electron chi connectivity index (χ4n) is 1.14. The highest BCUT2D eigenvalue weighted by molar-refractivity contribution is 4.80. The standard InChI is InChI=1S/C11H26N2/c1-5-7-8-10(3)13-9-11(4,12)6-2/h10,13H,5-9,12H2,1-4H3. The van der Waals surface area contributed by atoms with E-state index in [1.807, 2.05) is 0 Å². The van der Waals surface area contributed by atoms with E-state index in [0.29, 0.717) is 6.04 Å². The van der Waals surface area contributed by atoms with Gasteiger partial charge >= 0.3 is 0 Å². The smallest absolute Gasteiger partial charge is 0.0249 e. The molecule has 0 saturated heterocycles. The number of nitrogens with one attached hydrogen (secondary N) is 1. The molecule has 13 heavy (non-hydrogen) atoms. The molecule has 2 unspecified atom stereocenters. The molecule has 0 fully saturated rings. The Labute approximate surface area is 83.3 Å². The minimum atomic E-state index is -0.0412. The molecule has 2 heteroatoms. The molecular formula is C11H26N2. The predicted octanol–water partition coefficient (Wildman–Crippen LogP) is 2.28. The van der Waals surface area contributed by atoms with E-state index in [1.165, 1.54) is 19.3 Å². The summed E-state index contributed by atoms with van der Waals surface area (Å²) in [6.07, 6.45) is 4.87. The average molecular weight is 186 g/mol. The van der Waals surface area contributed by atoms with Crippen LogP contribution in [0.15, 0.2) is 0 Å². The summed E-state index contributed by atoms with van der Waals surface area (Å²) in [5.74, 6) is 0. The quantitative estimate of drug-likeness (QED) is 0.640. The van der Waals surface area contributed by atoms with E-state index in [9.17, 15) is 0 Å². The summed E-state index contributed by atoms with van der Waals surface area (Å²) in [7, 11) is 0. The van der Waals surface area contributed by atoms with Crippen molar-refractivity contribution in [1.29, 1.82) is 0 Å². The van der Waals surface area contributed by atoms with E-state index in [-0.39, 0.29) is 5.54 Å². The summed E-state index contributed by atoms with van der Waals surface area (Å²) in [6, 6.07) is 0.606. The van der Waals surface area contributed by atoms with E-state index in [0.717, 1.165) is 13.0 Å². The molecule has 0 spiro atoms. The third-order valence-electron chi connectivity index (χ3n) is 2.65. The molecule has 0 radical (unpaired) electrons. The SMILES string of the molecule is CCCCC(C)NCC(C)(N)CC. The molecule has 2 nitrogen and oxygen atoms in total. The van der Waals surface area contributed by atoms with Crippen molar-refractivity contribution in [3.05, 3.63) is 0 Å². The maximum atomic E-state index is 6.03. The molecular weight excluding hydrogens is 160 g/mol. The Morgan fingerprint density at radius 1 is 1.38 bits per heavy atom. The molecule has 0 bridgehead atoms. The summed E-state index contributed by atoms with van der Waals surface area (Å²) in [5.41, 5.74) is 5.99. The van der Waals surface area contributed by atoms with Crippen molar-refractivity contribution in [2.45, 2.75) is 65.0 Å². The van der Waals surface area contributed by atoms with Crippen molar-refractivity contribution in [3.8, 4) is 0 Å². The van der Waals surface area contributed by atoms with Gasteiger partial charge in [0.1, 0.15) is 0 Å². The molecule has 3 N–H and O–H groups in total. The fourth-order valence-corrected chi connectivity index (χ4v) is 1.14. The van der Waals surface area contributed by atoms with Crippen LogP contribution in [0.25, 0.3) is 0 Å². The highest BCUT2D eigenvalue weighted by Crippen LogP contribution is 2.05. The van der Waals surface area contributed by atoms with Crippen LogP contribution >= 0.6 is 0 Å². The Bertz CT molecular complexity index is 121. The van der Waals surface area contributed by atoms with Gasteiger partial charge in [-0.05, 0) is 26.7 Å². The van der Waals surface area contributed by atoms with Crippen LogP contribution in [0, 0.1) is 0 Å². The molecule has 0 rings (SSSR count). The predicted molar refractivity (Wildman–Crippen MR) is 59.9 cm³/mol. The highest BCUT2D eigenvalue weighted by Gasteiger charge is 2.15. The second-order valence-corrected chi connectivity index (χ2v) is 4.43. The summed E-state index contributed by atoms with van der Waals surface area (Å²) in [4.78, 5) is 0. The molecule has 0 aromatic heterocycles. The highest BCUT2D eigenvalue weighted by atomic mass is 15.0. The molecule has 80 valence electrons. The van der Waals surface area contributed by atoms with Crippen LogP contribution in [0.2, 0.25) is 0 Å². The third-order valence-corrected chi connectivity index (χ3v) is 2.65. The van der Waals surface area contributed by atoms with Gasteiger partial charge in [0.05, 0.1) is 0 Å². The van der Waals surface area contributed by atoms with Crippen LogP contribution in [0.3, 0.4) is 0 Å². The summed E-state index contributed by atoms with van der Waals surface area (Å²) in [6.45, 7) is 9.63. The number of hydrogen-bond acceptors (Lipinski definition) is 2. The number of nitrogens with two attached hydrogens (primary N) is 1. The van der Waals surface area contributed by atoms with Gasteiger partial charge in [0, 0.05) is 18.1 Å². The van der Waals surface area contributed by atoms with Crippen molar-refractivity contribution in [2.24, 2.45) is 5.73 Å². The van der Waals surface area contributed by atoms with E-state index in [4.69, 9.17) is 5.73 Å². The van der Waals surface area contributed by atoms with Gasteiger partial charge in [-0.2, -0.15) is 0 Å². The van der Waals surface area contributed by atoms with Gasteiger partial charge in [0.2, 0.25) is 0 Å². The van der Waals surface area contributed by atoms with E-state index in [2.05, 4.69) is 33.0 Å². The second kappa shape index (κ2) is 6.39. The first-order chi connectivity index (χ1) is 6.02. The van der Waals surface area contributed by atoms with Gasteiger partial charge in [-0.1, -0.05) is 26.7 Å². The van der Waals surface area contributed by atoms with Crippen molar-refractivity contribution in [1.82, 2.24) is 5.32 Å². The zero-order chi connectivity index (χ0) is 10.3. The van der Waals surface area contributed by atoms with Crippen LogP contribution in [0.5, 0.6) is 0 Å². The lowest BCUT2D eigenvalue weighted by molar-refractivity contribution is 0.379. The molecule has 0 amide bonds. The molecule has 0 aliphatic rings. The molecule has 0 heterocycles. The third kappa shape index (κ3) is 7.03. The van der Waals surface area contributed by atoms with Gasteiger partial charge in [0.25, 0.3) is 0 Å². The molecule has 0 aliphatic heterocycles. The number of hydrogen-bond donors (Lipinski definition) is 2. The average Bonchev–Trinajstić information content (AvgIpc) is 2.11. The largest absolute Gasteiger partial charge is 0.324 e. The first kappa shape index (κ1) is 12.9. The van der Waals surface area contributed by atoms with Crippen LogP contribution in [-0.4, -0.2) is 18.1 Å². The Morgan fingerprint density at radius 3 is 2.46 bits per heavy atom. The first-order valence-corrected chi connectivity index (χ1v) is 5.54. The van der Waals surface area contributed by atoms with Gasteiger partial charge in [-0.3, -0.25) is 0 Å². The van der Waals surface area contributed by atoms with E-state index < -0.39 is 0 Å². The topological polar surface area (TPSA) is 38.0 Å². The van der Waals surface area contributed by atoms with Crippen molar-refractivity contribution < 1.29 is 0 Å². The minimum absolute atomic E-state index is 0.0412. The van der Waals surface area contributed by atoms with Gasteiger partial charge in [0.15, 0.2) is 0 Å². The summed E-state index contributed by atoms with van der Waals surface area (Å²) < 4.78 is 0. The lowest BCUT2D eigenvalue weighted by atomic mass is 10.00.